The maximum absolute atomic E-state index is 11.8. The zero-order chi connectivity index (χ0) is 12.3. The van der Waals surface area contributed by atoms with Crippen LogP contribution in [0, 0.1) is 0 Å². The summed E-state index contributed by atoms with van der Waals surface area (Å²) < 4.78 is 37.0. The summed E-state index contributed by atoms with van der Waals surface area (Å²) in [5.74, 6) is 0. The van der Waals surface area contributed by atoms with E-state index < -0.39 is 12.6 Å². The molecule has 0 aromatic carbocycles. The Kier molecular flexibility index (Phi) is 4.46. The Morgan fingerprint density at radius 2 is 2.00 bits per heavy atom. The van der Waals surface area contributed by atoms with Crippen LogP contribution < -0.4 is 5.32 Å². The van der Waals surface area contributed by atoms with Gasteiger partial charge in [-0.15, -0.1) is 0 Å². The Balaban J connectivity index is 2.43. The molecular formula is C8H10Cl2F3N3. The molecule has 0 aliphatic rings. The first-order valence-corrected chi connectivity index (χ1v) is 5.21. The molecule has 0 unspecified atom stereocenters. The summed E-state index contributed by atoms with van der Waals surface area (Å²) in [4.78, 5) is 3.77. The van der Waals surface area contributed by atoms with Crippen LogP contribution >= 0.6 is 23.2 Å². The Labute approximate surface area is 101 Å². The monoisotopic (exact) mass is 275 g/mol. The normalized spacial score (nSPS) is 12.1. The highest BCUT2D eigenvalue weighted by molar-refractivity contribution is 6.32. The average molecular weight is 276 g/mol. The second-order valence-corrected chi connectivity index (χ2v) is 3.92. The smallest absolute Gasteiger partial charge is 0.319 e. The van der Waals surface area contributed by atoms with Crippen molar-refractivity contribution in [3.63, 3.8) is 0 Å². The fraction of sp³-hybridized carbons (Fsp3) is 0.625. The number of halogens is 5. The fourth-order valence-electron chi connectivity index (χ4n) is 1.10. The highest BCUT2D eigenvalue weighted by Gasteiger charge is 2.26. The van der Waals surface area contributed by atoms with Crippen LogP contribution in [0.25, 0.3) is 0 Å². The molecule has 0 radical (unpaired) electrons. The molecule has 1 heterocycles. The van der Waals surface area contributed by atoms with Gasteiger partial charge in [0, 0.05) is 20.1 Å². The lowest BCUT2D eigenvalue weighted by molar-refractivity contribution is -0.133. The molecule has 0 aliphatic carbocycles. The minimum Gasteiger partial charge on any atom is -0.319 e. The van der Waals surface area contributed by atoms with Gasteiger partial charge in [-0.1, -0.05) is 11.6 Å². The molecular weight excluding hydrogens is 266 g/mol. The van der Waals surface area contributed by atoms with Crippen LogP contribution in [0.3, 0.4) is 0 Å². The van der Waals surface area contributed by atoms with Crippen molar-refractivity contribution in [2.45, 2.75) is 19.1 Å². The van der Waals surface area contributed by atoms with Gasteiger partial charge in [-0.2, -0.15) is 13.2 Å². The van der Waals surface area contributed by atoms with E-state index in [4.69, 9.17) is 23.2 Å². The van der Waals surface area contributed by atoms with Crippen molar-refractivity contribution in [1.29, 1.82) is 0 Å². The predicted molar refractivity (Wildman–Crippen MR) is 55.6 cm³/mol. The van der Waals surface area contributed by atoms with Gasteiger partial charge in [-0.3, -0.25) is 0 Å². The zero-order valence-corrected chi connectivity index (χ0v) is 9.92. The number of nitrogens with one attached hydrogen (secondary N) is 1. The van der Waals surface area contributed by atoms with Gasteiger partial charge in [0.2, 0.25) is 5.28 Å². The van der Waals surface area contributed by atoms with Crippen LogP contribution in [0.4, 0.5) is 13.2 Å². The summed E-state index contributed by atoms with van der Waals surface area (Å²) in [6.07, 6.45) is -5.03. The molecule has 0 saturated carbocycles. The number of imidazole rings is 1. The highest BCUT2D eigenvalue weighted by atomic mass is 35.5. The van der Waals surface area contributed by atoms with E-state index in [2.05, 4.69) is 10.3 Å². The van der Waals surface area contributed by atoms with Gasteiger partial charge in [-0.25, -0.2) is 4.98 Å². The Bertz CT molecular complexity index is 362. The van der Waals surface area contributed by atoms with Gasteiger partial charge in [0.25, 0.3) is 0 Å². The van der Waals surface area contributed by atoms with Gasteiger partial charge in [0.1, 0.15) is 0 Å². The summed E-state index contributed by atoms with van der Waals surface area (Å²) in [5, 5.41) is 3.04. The van der Waals surface area contributed by atoms with Crippen LogP contribution in [0.2, 0.25) is 10.4 Å². The molecule has 0 saturated heterocycles. The molecule has 0 fully saturated rings. The summed E-state index contributed by atoms with van der Waals surface area (Å²) in [7, 11) is 1.64. The second kappa shape index (κ2) is 5.25. The fourth-order valence-corrected chi connectivity index (χ4v) is 1.60. The SMILES string of the molecule is Cn1c(Cl)nc(Cl)c1CNCCC(F)(F)F. The Morgan fingerprint density at radius 3 is 2.44 bits per heavy atom. The molecule has 1 aromatic heterocycles. The number of rotatable bonds is 4. The molecule has 0 spiro atoms. The molecule has 1 N–H and O–H groups in total. The van der Waals surface area contributed by atoms with Gasteiger partial charge in [0.05, 0.1) is 12.1 Å². The quantitative estimate of drug-likeness (QED) is 0.857. The van der Waals surface area contributed by atoms with E-state index in [0.29, 0.717) is 5.69 Å². The van der Waals surface area contributed by atoms with E-state index in [-0.39, 0.29) is 23.5 Å². The molecule has 0 amide bonds. The first-order chi connectivity index (χ1) is 7.31. The lowest BCUT2D eigenvalue weighted by Crippen LogP contribution is -2.22. The lowest BCUT2D eigenvalue weighted by Gasteiger charge is -2.08. The maximum Gasteiger partial charge on any atom is 0.390 e. The van der Waals surface area contributed by atoms with Crippen molar-refractivity contribution in [3.8, 4) is 0 Å². The van der Waals surface area contributed by atoms with E-state index in [1.54, 1.807) is 7.05 Å². The number of alkyl halides is 3. The Hall–Kier alpha value is -0.460. The third-order valence-corrected chi connectivity index (χ3v) is 2.63. The van der Waals surface area contributed by atoms with E-state index in [9.17, 15) is 13.2 Å². The number of hydrogen-bond acceptors (Lipinski definition) is 2. The van der Waals surface area contributed by atoms with Crippen LogP contribution in [-0.4, -0.2) is 22.3 Å². The lowest BCUT2D eigenvalue weighted by atomic mass is 10.4. The first-order valence-electron chi connectivity index (χ1n) is 4.45. The number of aromatic nitrogens is 2. The van der Waals surface area contributed by atoms with Crippen molar-refractivity contribution in [2.75, 3.05) is 6.54 Å². The predicted octanol–water partition coefficient (Wildman–Crippen LogP) is 2.77. The summed E-state index contributed by atoms with van der Waals surface area (Å²) in [6, 6.07) is 0. The molecule has 0 atom stereocenters. The zero-order valence-electron chi connectivity index (χ0n) is 8.41. The minimum absolute atomic E-state index is 0.164. The van der Waals surface area contributed by atoms with Gasteiger partial charge >= 0.3 is 6.18 Å². The molecule has 92 valence electrons. The molecule has 0 aliphatic heterocycles. The maximum atomic E-state index is 11.8. The largest absolute Gasteiger partial charge is 0.390 e. The van der Waals surface area contributed by atoms with Crippen LogP contribution in [0.1, 0.15) is 12.1 Å². The third-order valence-electron chi connectivity index (χ3n) is 1.99. The topological polar surface area (TPSA) is 29.9 Å². The molecule has 0 bridgehead atoms. The molecule has 1 rings (SSSR count). The highest BCUT2D eigenvalue weighted by Crippen LogP contribution is 2.20. The summed E-state index contributed by atoms with van der Waals surface area (Å²) >= 11 is 11.4. The van der Waals surface area contributed by atoms with Crippen molar-refractivity contribution in [2.24, 2.45) is 7.05 Å². The van der Waals surface area contributed by atoms with Crippen molar-refractivity contribution in [1.82, 2.24) is 14.9 Å². The van der Waals surface area contributed by atoms with Crippen molar-refractivity contribution < 1.29 is 13.2 Å². The van der Waals surface area contributed by atoms with Gasteiger partial charge < -0.3 is 9.88 Å². The van der Waals surface area contributed by atoms with Crippen molar-refractivity contribution >= 4 is 23.2 Å². The third kappa shape index (κ3) is 3.84. The first kappa shape index (κ1) is 13.6. The number of hydrogen-bond donors (Lipinski definition) is 1. The van der Waals surface area contributed by atoms with E-state index in [1.165, 1.54) is 4.57 Å². The Morgan fingerprint density at radius 1 is 1.38 bits per heavy atom. The van der Waals surface area contributed by atoms with E-state index in [0.717, 1.165) is 0 Å². The van der Waals surface area contributed by atoms with Gasteiger partial charge in [0.15, 0.2) is 5.15 Å². The van der Waals surface area contributed by atoms with E-state index >= 15 is 0 Å². The van der Waals surface area contributed by atoms with Crippen molar-refractivity contribution in [3.05, 3.63) is 16.1 Å². The second-order valence-electron chi connectivity index (χ2n) is 3.22. The van der Waals surface area contributed by atoms with Crippen LogP contribution in [0.15, 0.2) is 0 Å². The average Bonchev–Trinajstić information content (AvgIpc) is 2.36. The van der Waals surface area contributed by atoms with Crippen LogP contribution in [0.5, 0.6) is 0 Å². The molecule has 1 aromatic rings. The summed E-state index contributed by atoms with van der Waals surface area (Å²) in [5.41, 5.74) is 0.564. The minimum atomic E-state index is -4.15. The number of nitrogens with zero attached hydrogens (tertiary/aromatic N) is 2. The molecule has 3 nitrogen and oxygen atoms in total. The standard InChI is InChI=1S/C8H10Cl2F3N3/c1-16-5(6(9)15-7(16)10)4-14-3-2-8(11,12)13/h14H,2-4H2,1H3. The molecule has 8 heteroatoms. The molecule has 16 heavy (non-hydrogen) atoms. The summed E-state index contributed by atoms with van der Waals surface area (Å²) in [6.45, 7) is 0.0355. The van der Waals surface area contributed by atoms with Gasteiger partial charge in [-0.05, 0) is 11.6 Å². The van der Waals surface area contributed by atoms with Crippen LogP contribution in [-0.2, 0) is 13.6 Å². The van der Waals surface area contributed by atoms with E-state index in [1.807, 2.05) is 0 Å².